The molecular formula is C21H22F6O4. The van der Waals surface area contributed by atoms with E-state index in [-0.39, 0.29) is 49.1 Å². The first-order valence-corrected chi connectivity index (χ1v) is 9.23. The topological polar surface area (TPSA) is 58.9 Å². The van der Waals surface area contributed by atoms with Gasteiger partial charge in [-0.2, -0.15) is 26.3 Å². The molecule has 0 heterocycles. The number of hydrogen-bond acceptors (Lipinski definition) is 4. The fourth-order valence-electron chi connectivity index (χ4n) is 3.38. The van der Waals surface area contributed by atoms with Gasteiger partial charge in [0, 0.05) is 0 Å². The van der Waals surface area contributed by atoms with Crippen molar-refractivity contribution in [3.8, 4) is 11.5 Å². The van der Waals surface area contributed by atoms with Crippen molar-refractivity contribution in [2.75, 3.05) is 26.4 Å². The lowest BCUT2D eigenvalue weighted by molar-refractivity contribution is -0.288. The summed E-state index contributed by atoms with van der Waals surface area (Å²) < 4.78 is 95.9. The van der Waals surface area contributed by atoms with Crippen LogP contribution in [0.5, 0.6) is 11.5 Å². The number of hydrogen-bond donors (Lipinski definition) is 2. The number of rotatable bonds is 8. The molecule has 0 amide bonds. The van der Waals surface area contributed by atoms with Crippen molar-refractivity contribution in [1.82, 2.24) is 0 Å². The molecule has 0 spiro atoms. The summed E-state index contributed by atoms with van der Waals surface area (Å²) in [4.78, 5) is 0. The Hall–Kier alpha value is -2.46. The molecule has 0 saturated heterocycles. The monoisotopic (exact) mass is 452 g/mol. The van der Waals surface area contributed by atoms with Crippen LogP contribution in [0.1, 0.15) is 22.3 Å². The van der Waals surface area contributed by atoms with Gasteiger partial charge in [0.1, 0.15) is 24.7 Å². The number of aryl methyl sites for hydroxylation is 2. The predicted molar refractivity (Wildman–Crippen MR) is 100 cm³/mol. The van der Waals surface area contributed by atoms with Gasteiger partial charge in [-0.15, -0.1) is 0 Å². The molecule has 2 N–H and O–H groups in total. The number of halogens is 6. The number of alkyl halides is 6. The summed E-state index contributed by atoms with van der Waals surface area (Å²) in [5.41, 5.74) is -6.19. The highest BCUT2D eigenvalue weighted by molar-refractivity contribution is 5.51. The van der Waals surface area contributed by atoms with Crippen molar-refractivity contribution < 1.29 is 46.0 Å². The lowest BCUT2D eigenvalue weighted by Crippen LogP contribution is -2.54. The molecule has 2 aromatic rings. The molecule has 4 nitrogen and oxygen atoms in total. The molecule has 0 saturated carbocycles. The highest BCUT2D eigenvalue weighted by atomic mass is 19.4. The molecule has 2 aromatic carbocycles. The molecule has 0 aliphatic carbocycles. The van der Waals surface area contributed by atoms with Crippen molar-refractivity contribution in [2.24, 2.45) is 0 Å². The van der Waals surface area contributed by atoms with Crippen LogP contribution < -0.4 is 9.47 Å². The Labute approximate surface area is 175 Å². The summed E-state index contributed by atoms with van der Waals surface area (Å²) >= 11 is 0. The van der Waals surface area contributed by atoms with Crippen molar-refractivity contribution in [1.29, 1.82) is 0 Å². The highest BCUT2D eigenvalue weighted by Crippen LogP contribution is 2.56. The first-order valence-electron chi connectivity index (χ1n) is 9.23. The molecule has 0 radical (unpaired) electrons. The summed E-state index contributed by atoms with van der Waals surface area (Å²) in [6.07, 6.45) is -11.4. The van der Waals surface area contributed by atoms with Gasteiger partial charge in [0.05, 0.1) is 13.2 Å². The van der Waals surface area contributed by atoms with E-state index in [1.54, 1.807) is 0 Å². The molecule has 2 rings (SSSR count). The first kappa shape index (κ1) is 24.8. The molecule has 0 aliphatic heterocycles. The van der Waals surface area contributed by atoms with Gasteiger partial charge < -0.3 is 19.7 Å². The Morgan fingerprint density at radius 2 is 1.03 bits per heavy atom. The van der Waals surface area contributed by atoms with E-state index in [4.69, 9.17) is 19.7 Å². The molecule has 0 unspecified atom stereocenters. The average molecular weight is 452 g/mol. The van der Waals surface area contributed by atoms with E-state index in [1.165, 1.54) is 13.8 Å². The molecule has 10 heteroatoms. The fourth-order valence-corrected chi connectivity index (χ4v) is 3.38. The van der Waals surface area contributed by atoms with E-state index in [0.29, 0.717) is 0 Å². The van der Waals surface area contributed by atoms with Gasteiger partial charge in [-0.3, -0.25) is 0 Å². The van der Waals surface area contributed by atoms with Crippen LogP contribution >= 0.6 is 0 Å². The Bertz CT molecular complexity index is 819. The number of aliphatic hydroxyl groups excluding tert-OH is 2. The van der Waals surface area contributed by atoms with E-state index < -0.39 is 28.9 Å². The van der Waals surface area contributed by atoms with Gasteiger partial charge in [0.15, 0.2) is 0 Å². The zero-order chi connectivity index (χ0) is 23.4. The van der Waals surface area contributed by atoms with Gasteiger partial charge >= 0.3 is 12.4 Å². The largest absolute Gasteiger partial charge is 0.491 e. The minimum Gasteiger partial charge on any atom is -0.491 e. The Balaban J connectivity index is 2.75. The molecule has 172 valence electrons. The van der Waals surface area contributed by atoms with E-state index in [9.17, 15) is 26.3 Å². The normalized spacial score (nSPS) is 12.7. The van der Waals surface area contributed by atoms with Gasteiger partial charge in [-0.05, 0) is 48.2 Å². The van der Waals surface area contributed by atoms with E-state index in [2.05, 4.69) is 0 Å². The molecule has 0 fully saturated rings. The minimum atomic E-state index is -5.72. The van der Waals surface area contributed by atoms with Gasteiger partial charge in [-0.1, -0.05) is 24.3 Å². The second kappa shape index (κ2) is 9.35. The molecule has 0 bridgehead atoms. The van der Waals surface area contributed by atoms with Crippen LogP contribution in [-0.4, -0.2) is 49.0 Å². The average Bonchev–Trinajstić information content (AvgIpc) is 2.65. The summed E-state index contributed by atoms with van der Waals surface area (Å²) in [7, 11) is 0. The Morgan fingerprint density at radius 1 is 0.677 bits per heavy atom. The van der Waals surface area contributed by atoms with E-state index in [0.717, 1.165) is 36.4 Å². The summed E-state index contributed by atoms with van der Waals surface area (Å²) in [5, 5.41) is 17.6. The Morgan fingerprint density at radius 3 is 1.29 bits per heavy atom. The molecular weight excluding hydrogens is 430 g/mol. The number of benzene rings is 2. The second-order valence-electron chi connectivity index (χ2n) is 6.85. The van der Waals surface area contributed by atoms with Crippen LogP contribution in [-0.2, 0) is 5.41 Å². The third-order valence-corrected chi connectivity index (χ3v) is 4.76. The maximum absolute atomic E-state index is 14.3. The zero-order valence-electron chi connectivity index (χ0n) is 16.8. The van der Waals surface area contributed by atoms with E-state index >= 15 is 0 Å². The van der Waals surface area contributed by atoms with Crippen molar-refractivity contribution in [3.63, 3.8) is 0 Å². The molecule has 0 aliphatic rings. The smallest absolute Gasteiger partial charge is 0.411 e. The van der Waals surface area contributed by atoms with Crippen molar-refractivity contribution in [2.45, 2.75) is 31.6 Å². The van der Waals surface area contributed by atoms with E-state index in [1.807, 2.05) is 0 Å². The molecule has 0 aromatic heterocycles. The Kier molecular flexibility index (Phi) is 7.48. The molecule has 0 atom stereocenters. The van der Waals surface area contributed by atoms with Gasteiger partial charge in [0.25, 0.3) is 0 Å². The van der Waals surface area contributed by atoms with Gasteiger partial charge in [0.2, 0.25) is 5.41 Å². The van der Waals surface area contributed by atoms with Crippen LogP contribution in [0.4, 0.5) is 26.3 Å². The molecule has 31 heavy (non-hydrogen) atoms. The lowest BCUT2D eigenvalue weighted by Gasteiger charge is -2.38. The quantitative estimate of drug-likeness (QED) is 0.581. The van der Waals surface area contributed by atoms with Crippen LogP contribution in [0.25, 0.3) is 0 Å². The second-order valence-corrected chi connectivity index (χ2v) is 6.85. The minimum absolute atomic E-state index is 0.0587. The maximum atomic E-state index is 14.3. The van der Waals surface area contributed by atoms with Crippen LogP contribution in [0.2, 0.25) is 0 Å². The zero-order valence-corrected chi connectivity index (χ0v) is 16.8. The SMILES string of the molecule is Cc1cc(C(c2ccc(OCCO)c(C)c2)(C(F)(F)F)C(F)(F)F)ccc1OCCO. The first-order chi connectivity index (χ1) is 14.4. The van der Waals surface area contributed by atoms with Crippen LogP contribution in [0.15, 0.2) is 36.4 Å². The predicted octanol–water partition coefficient (Wildman–Crippen LogP) is 4.46. The van der Waals surface area contributed by atoms with Gasteiger partial charge in [-0.25, -0.2) is 0 Å². The highest BCUT2D eigenvalue weighted by Gasteiger charge is 2.72. The van der Waals surface area contributed by atoms with Crippen LogP contribution in [0, 0.1) is 13.8 Å². The van der Waals surface area contributed by atoms with Crippen LogP contribution in [0.3, 0.4) is 0 Å². The third-order valence-electron chi connectivity index (χ3n) is 4.76. The third kappa shape index (κ3) is 4.74. The van der Waals surface area contributed by atoms with Crippen molar-refractivity contribution in [3.05, 3.63) is 58.7 Å². The summed E-state index contributed by atoms with van der Waals surface area (Å²) in [6, 6.07) is 5.09. The lowest BCUT2D eigenvalue weighted by atomic mass is 9.72. The summed E-state index contributed by atoms with van der Waals surface area (Å²) in [5.74, 6) is 0.139. The summed E-state index contributed by atoms with van der Waals surface area (Å²) in [6.45, 7) is 1.62. The maximum Gasteiger partial charge on any atom is 0.411 e. The number of aliphatic hydroxyl groups is 2. The fraction of sp³-hybridized carbons (Fsp3) is 0.429. The van der Waals surface area contributed by atoms with Crippen molar-refractivity contribution >= 4 is 0 Å². The number of ether oxygens (including phenoxy) is 2. The standard InChI is InChI=1S/C21H22F6O4/c1-13-11-15(3-5-17(13)30-9-7-28)19(20(22,23)24,21(25,26)27)16-4-6-18(14(2)12-16)31-10-8-29/h3-6,11-12,28-29H,7-10H2,1-2H3.